The van der Waals surface area contributed by atoms with Crippen LogP contribution in [-0.2, 0) is 0 Å². The fraction of sp³-hybridized carbons (Fsp3) is 0.556. The standard InChI is InChI=1S/C18H23N3O2S/c1-10-7-14(11(2)21(10)18-19-5-6-24-18)17(23)20-16-13-4-3-12(8-13)15(16)9-22/h5-7,12-13,15-16,22H,3-4,8-9H2,1-2H3,(H,20,23). The first kappa shape index (κ1) is 15.8. The molecule has 4 unspecified atom stereocenters. The van der Waals surface area contributed by atoms with E-state index in [0.29, 0.717) is 17.4 Å². The van der Waals surface area contributed by atoms with E-state index in [1.165, 1.54) is 12.8 Å². The van der Waals surface area contributed by atoms with Gasteiger partial charge in [-0.3, -0.25) is 9.36 Å². The minimum absolute atomic E-state index is 0.0260. The minimum Gasteiger partial charge on any atom is -0.396 e. The van der Waals surface area contributed by atoms with Crippen molar-refractivity contribution in [3.63, 3.8) is 0 Å². The molecule has 2 aliphatic carbocycles. The fourth-order valence-corrected chi connectivity index (χ4v) is 5.49. The molecule has 2 heterocycles. The van der Waals surface area contributed by atoms with Crippen LogP contribution in [-0.4, -0.2) is 33.2 Å². The predicted octanol–water partition coefficient (Wildman–Crippen LogP) is 2.69. The third kappa shape index (κ3) is 2.40. The largest absolute Gasteiger partial charge is 0.396 e. The molecule has 1 amide bonds. The summed E-state index contributed by atoms with van der Waals surface area (Å²) < 4.78 is 2.03. The topological polar surface area (TPSA) is 67.2 Å². The van der Waals surface area contributed by atoms with Gasteiger partial charge in [-0.25, -0.2) is 4.98 Å². The number of thiazole rings is 1. The van der Waals surface area contributed by atoms with E-state index in [2.05, 4.69) is 10.3 Å². The van der Waals surface area contributed by atoms with Crippen molar-refractivity contribution in [2.45, 2.75) is 39.2 Å². The maximum Gasteiger partial charge on any atom is 0.253 e. The van der Waals surface area contributed by atoms with Crippen molar-refractivity contribution in [2.75, 3.05) is 6.61 Å². The number of aromatic nitrogens is 2. The Kier molecular flexibility index (Phi) is 3.96. The van der Waals surface area contributed by atoms with E-state index in [1.807, 2.05) is 29.9 Å². The molecule has 2 aliphatic rings. The van der Waals surface area contributed by atoms with Crippen molar-refractivity contribution in [3.05, 3.63) is 34.6 Å². The average molecular weight is 345 g/mol. The lowest BCUT2D eigenvalue weighted by Crippen LogP contribution is -2.45. The molecule has 0 radical (unpaired) electrons. The van der Waals surface area contributed by atoms with E-state index in [-0.39, 0.29) is 24.5 Å². The van der Waals surface area contributed by atoms with Crippen LogP contribution >= 0.6 is 11.3 Å². The van der Waals surface area contributed by atoms with Gasteiger partial charge in [0.15, 0.2) is 5.13 Å². The quantitative estimate of drug-likeness (QED) is 0.895. The van der Waals surface area contributed by atoms with Gasteiger partial charge in [-0.2, -0.15) is 0 Å². The highest BCUT2D eigenvalue weighted by Crippen LogP contribution is 2.48. The molecule has 4 rings (SSSR count). The molecule has 2 saturated carbocycles. The minimum atomic E-state index is -0.0260. The SMILES string of the molecule is Cc1cc(C(=O)NC2C3CCC(C3)C2CO)c(C)n1-c1nccs1. The molecular formula is C18H23N3O2S. The Balaban J connectivity index is 1.58. The summed E-state index contributed by atoms with van der Waals surface area (Å²) >= 11 is 1.56. The molecule has 0 saturated heterocycles. The van der Waals surface area contributed by atoms with E-state index in [1.54, 1.807) is 17.5 Å². The van der Waals surface area contributed by atoms with Crippen LogP contribution in [0.5, 0.6) is 0 Å². The lowest BCUT2D eigenvalue weighted by molar-refractivity contribution is 0.0861. The number of hydrogen-bond acceptors (Lipinski definition) is 4. The summed E-state index contributed by atoms with van der Waals surface area (Å²) in [6.45, 7) is 4.14. The molecular weight excluding hydrogens is 322 g/mol. The van der Waals surface area contributed by atoms with Crippen LogP contribution in [0, 0.1) is 31.6 Å². The van der Waals surface area contributed by atoms with Crippen molar-refractivity contribution < 1.29 is 9.90 Å². The molecule has 0 aromatic carbocycles. The molecule has 0 aliphatic heterocycles. The number of aryl methyl sites for hydroxylation is 1. The van der Waals surface area contributed by atoms with Gasteiger partial charge in [-0.05, 0) is 51.0 Å². The average Bonchev–Trinajstić information content (AvgIpc) is 3.31. The smallest absolute Gasteiger partial charge is 0.253 e. The van der Waals surface area contributed by atoms with Crippen LogP contribution in [0.25, 0.3) is 5.13 Å². The summed E-state index contributed by atoms with van der Waals surface area (Å²) in [5.41, 5.74) is 2.64. The number of fused-ring (bicyclic) bond motifs is 2. The molecule has 2 bridgehead atoms. The lowest BCUT2D eigenvalue weighted by atomic mass is 9.85. The zero-order chi connectivity index (χ0) is 16.8. The van der Waals surface area contributed by atoms with Crippen molar-refractivity contribution in [1.29, 1.82) is 0 Å². The molecule has 0 spiro atoms. The second-order valence-electron chi connectivity index (χ2n) is 7.11. The Bertz CT molecular complexity index is 753. The molecule has 128 valence electrons. The Labute approximate surface area is 145 Å². The molecule has 2 N–H and O–H groups in total. The summed E-state index contributed by atoms with van der Waals surface area (Å²) in [5.74, 6) is 1.30. The third-order valence-electron chi connectivity index (χ3n) is 5.88. The number of carbonyl (C=O) groups excluding carboxylic acids is 1. The van der Waals surface area contributed by atoms with Crippen LogP contribution in [0.4, 0.5) is 0 Å². The Hall–Kier alpha value is -1.66. The van der Waals surface area contributed by atoms with Crippen molar-refractivity contribution in [3.8, 4) is 5.13 Å². The molecule has 2 fully saturated rings. The van der Waals surface area contributed by atoms with Crippen molar-refractivity contribution >= 4 is 17.2 Å². The number of nitrogens with one attached hydrogen (secondary N) is 1. The molecule has 6 heteroatoms. The van der Waals surface area contributed by atoms with Gasteiger partial charge in [0.25, 0.3) is 5.91 Å². The van der Waals surface area contributed by atoms with Crippen LogP contribution in [0.2, 0.25) is 0 Å². The molecule has 4 atom stereocenters. The van der Waals surface area contributed by atoms with Gasteiger partial charge in [-0.15, -0.1) is 11.3 Å². The highest BCUT2D eigenvalue weighted by atomic mass is 32.1. The number of carbonyl (C=O) groups is 1. The zero-order valence-corrected chi connectivity index (χ0v) is 14.8. The maximum absolute atomic E-state index is 12.9. The van der Waals surface area contributed by atoms with Crippen LogP contribution < -0.4 is 5.32 Å². The Morgan fingerprint density at radius 2 is 2.21 bits per heavy atom. The van der Waals surface area contributed by atoms with Gasteiger partial charge in [-0.1, -0.05) is 0 Å². The van der Waals surface area contributed by atoms with Crippen molar-refractivity contribution in [2.24, 2.45) is 17.8 Å². The van der Waals surface area contributed by atoms with Gasteiger partial charge >= 0.3 is 0 Å². The lowest BCUT2D eigenvalue weighted by Gasteiger charge is -2.30. The Morgan fingerprint density at radius 3 is 2.92 bits per heavy atom. The third-order valence-corrected chi connectivity index (χ3v) is 6.64. The van der Waals surface area contributed by atoms with Crippen LogP contribution in [0.1, 0.15) is 41.0 Å². The van der Waals surface area contributed by atoms with Crippen LogP contribution in [0.15, 0.2) is 17.6 Å². The highest BCUT2D eigenvalue weighted by molar-refractivity contribution is 7.12. The van der Waals surface area contributed by atoms with Gasteiger partial charge in [0, 0.05) is 41.5 Å². The molecule has 2 aromatic rings. The number of nitrogens with zero attached hydrogens (tertiary/aromatic N) is 2. The molecule has 2 aromatic heterocycles. The monoisotopic (exact) mass is 345 g/mol. The van der Waals surface area contributed by atoms with Gasteiger partial charge in [0.05, 0.1) is 5.56 Å². The summed E-state index contributed by atoms with van der Waals surface area (Å²) in [4.78, 5) is 17.2. The Morgan fingerprint density at radius 1 is 1.42 bits per heavy atom. The van der Waals surface area contributed by atoms with Crippen molar-refractivity contribution in [1.82, 2.24) is 14.9 Å². The first-order chi connectivity index (χ1) is 11.6. The molecule has 24 heavy (non-hydrogen) atoms. The number of aliphatic hydroxyl groups is 1. The van der Waals surface area contributed by atoms with E-state index < -0.39 is 0 Å². The van der Waals surface area contributed by atoms with Gasteiger partial charge < -0.3 is 10.4 Å². The zero-order valence-electron chi connectivity index (χ0n) is 14.0. The maximum atomic E-state index is 12.9. The number of rotatable bonds is 4. The number of hydrogen-bond donors (Lipinski definition) is 2. The first-order valence-corrected chi connectivity index (χ1v) is 9.48. The van der Waals surface area contributed by atoms with E-state index in [0.717, 1.165) is 22.9 Å². The predicted molar refractivity (Wildman–Crippen MR) is 93.6 cm³/mol. The van der Waals surface area contributed by atoms with E-state index in [4.69, 9.17) is 0 Å². The van der Waals surface area contributed by atoms with Crippen LogP contribution in [0.3, 0.4) is 0 Å². The van der Waals surface area contributed by atoms with E-state index >= 15 is 0 Å². The molecule has 5 nitrogen and oxygen atoms in total. The summed E-state index contributed by atoms with van der Waals surface area (Å²) in [7, 11) is 0. The van der Waals surface area contributed by atoms with Gasteiger partial charge in [0.2, 0.25) is 0 Å². The normalized spacial score (nSPS) is 28.5. The number of aliphatic hydroxyl groups excluding tert-OH is 1. The first-order valence-electron chi connectivity index (χ1n) is 8.60. The van der Waals surface area contributed by atoms with E-state index in [9.17, 15) is 9.90 Å². The second kappa shape index (κ2) is 6.01. The second-order valence-corrected chi connectivity index (χ2v) is 7.99. The highest BCUT2D eigenvalue weighted by Gasteiger charge is 2.47. The summed E-state index contributed by atoms with van der Waals surface area (Å²) in [6.07, 6.45) is 5.29. The van der Waals surface area contributed by atoms with Gasteiger partial charge in [0.1, 0.15) is 0 Å². The number of amides is 1. The summed E-state index contributed by atoms with van der Waals surface area (Å²) in [5, 5.41) is 15.8. The fourth-order valence-electron chi connectivity index (χ4n) is 4.74. The summed E-state index contributed by atoms with van der Waals surface area (Å²) in [6, 6.07) is 2.05.